The fraction of sp³-hybridized carbons (Fsp3) is 0.650. The van der Waals surface area contributed by atoms with Crippen molar-refractivity contribution in [3.8, 4) is 0 Å². The van der Waals surface area contributed by atoms with Crippen molar-refractivity contribution in [2.75, 3.05) is 39.3 Å². The lowest BCUT2D eigenvalue weighted by Gasteiger charge is -2.38. The highest BCUT2D eigenvalue weighted by Gasteiger charge is 2.37. The molecule has 2 saturated heterocycles. The third-order valence-corrected chi connectivity index (χ3v) is 8.36. The van der Waals surface area contributed by atoms with Gasteiger partial charge in [0, 0.05) is 71.7 Å². The Morgan fingerprint density at radius 2 is 1.84 bits per heavy atom. The van der Waals surface area contributed by atoms with Gasteiger partial charge in [0.15, 0.2) is 0 Å². The van der Waals surface area contributed by atoms with Crippen molar-refractivity contribution in [1.82, 2.24) is 33.7 Å². The molecule has 0 aliphatic carbocycles. The molecule has 0 N–H and O–H groups in total. The maximum atomic E-state index is 13.2. The Morgan fingerprint density at radius 3 is 2.45 bits per heavy atom. The van der Waals surface area contributed by atoms with Crippen molar-refractivity contribution in [1.29, 1.82) is 0 Å². The van der Waals surface area contributed by atoms with Crippen LogP contribution in [0, 0.1) is 12.8 Å². The molecule has 4 rings (SSSR count). The molecule has 2 aliphatic rings. The third kappa shape index (κ3) is 4.53. The summed E-state index contributed by atoms with van der Waals surface area (Å²) in [6, 6.07) is 0. The average Bonchev–Trinajstić information content (AvgIpc) is 3.33. The highest BCUT2D eigenvalue weighted by atomic mass is 32.2. The standard InChI is InChI=1S/C20H31N7O3S/c1-16-19(12-22-24(16)3)31(29,30)27-6-4-5-18(15-27)20(28)26-9-7-25(8-10-26)14-17-11-21-23(2)13-17/h11-13,18H,4-10,14-15H2,1-3H3. The Labute approximate surface area is 183 Å². The largest absolute Gasteiger partial charge is 0.340 e. The number of carbonyl (C=O) groups is 1. The van der Waals surface area contributed by atoms with Crippen molar-refractivity contribution >= 4 is 15.9 Å². The Morgan fingerprint density at radius 1 is 1.10 bits per heavy atom. The number of rotatable bonds is 5. The van der Waals surface area contributed by atoms with Gasteiger partial charge in [0.05, 0.1) is 24.0 Å². The lowest BCUT2D eigenvalue weighted by Crippen LogP contribution is -2.52. The zero-order valence-corrected chi connectivity index (χ0v) is 19.3. The predicted octanol–water partition coefficient (Wildman–Crippen LogP) is 0.207. The number of amides is 1. The first-order valence-corrected chi connectivity index (χ1v) is 12.2. The number of piperidine rings is 1. The van der Waals surface area contributed by atoms with E-state index < -0.39 is 10.0 Å². The number of aryl methyl sites for hydroxylation is 2. The van der Waals surface area contributed by atoms with Crippen LogP contribution in [0.4, 0.5) is 0 Å². The number of sulfonamides is 1. The van der Waals surface area contributed by atoms with E-state index in [0.29, 0.717) is 31.7 Å². The normalized spacial score (nSPS) is 21.5. The van der Waals surface area contributed by atoms with Gasteiger partial charge in [-0.2, -0.15) is 14.5 Å². The molecule has 4 heterocycles. The van der Waals surface area contributed by atoms with Crippen LogP contribution in [0.25, 0.3) is 0 Å². The minimum atomic E-state index is -3.65. The lowest BCUT2D eigenvalue weighted by molar-refractivity contribution is -0.138. The molecule has 1 amide bonds. The van der Waals surface area contributed by atoms with Gasteiger partial charge >= 0.3 is 0 Å². The molecule has 2 aromatic rings. The van der Waals surface area contributed by atoms with Crippen molar-refractivity contribution in [2.45, 2.75) is 31.2 Å². The smallest absolute Gasteiger partial charge is 0.246 e. The van der Waals surface area contributed by atoms with Crippen molar-refractivity contribution < 1.29 is 13.2 Å². The minimum Gasteiger partial charge on any atom is -0.340 e. The van der Waals surface area contributed by atoms with Crippen molar-refractivity contribution in [3.05, 3.63) is 29.8 Å². The lowest BCUT2D eigenvalue weighted by atomic mass is 9.97. The number of hydrogen-bond acceptors (Lipinski definition) is 6. The van der Waals surface area contributed by atoms with Gasteiger partial charge in [-0.25, -0.2) is 8.42 Å². The first kappa shape index (κ1) is 22.0. The van der Waals surface area contributed by atoms with Gasteiger partial charge in [-0.1, -0.05) is 0 Å². The van der Waals surface area contributed by atoms with Gasteiger partial charge in [-0.15, -0.1) is 0 Å². The molecule has 170 valence electrons. The quantitative estimate of drug-likeness (QED) is 0.647. The van der Waals surface area contributed by atoms with E-state index in [9.17, 15) is 13.2 Å². The number of aromatic nitrogens is 4. The Kier molecular flexibility index (Phi) is 6.18. The Bertz CT molecular complexity index is 1040. The highest BCUT2D eigenvalue weighted by molar-refractivity contribution is 7.89. The molecule has 0 bridgehead atoms. The summed E-state index contributed by atoms with van der Waals surface area (Å²) in [4.78, 5) is 17.6. The molecule has 0 radical (unpaired) electrons. The van der Waals surface area contributed by atoms with E-state index in [4.69, 9.17) is 0 Å². The number of piperazine rings is 1. The molecule has 1 unspecified atom stereocenters. The van der Waals surface area contributed by atoms with E-state index in [1.807, 2.05) is 24.3 Å². The van der Waals surface area contributed by atoms with Crippen LogP contribution in [-0.4, -0.2) is 87.3 Å². The van der Waals surface area contributed by atoms with E-state index in [0.717, 1.165) is 26.1 Å². The summed E-state index contributed by atoms with van der Waals surface area (Å²) in [5, 5.41) is 8.28. The molecule has 0 spiro atoms. The SMILES string of the molecule is Cc1c(S(=O)(=O)N2CCCC(C(=O)N3CCN(Cc4cnn(C)c4)CC3)C2)cnn1C. The number of carbonyl (C=O) groups excluding carboxylic acids is 1. The van der Waals surface area contributed by atoms with Gasteiger partial charge in [0.1, 0.15) is 4.90 Å². The van der Waals surface area contributed by atoms with Gasteiger partial charge in [0.2, 0.25) is 15.9 Å². The minimum absolute atomic E-state index is 0.0730. The van der Waals surface area contributed by atoms with Crippen LogP contribution in [0.5, 0.6) is 0 Å². The van der Waals surface area contributed by atoms with Crippen LogP contribution in [0.2, 0.25) is 0 Å². The first-order chi connectivity index (χ1) is 14.8. The second-order valence-corrected chi connectivity index (χ2v) is 10.5. The van der Waals surface area contributed by atoms with E-state index in [-0.39, 0.29) is 23.3 Å². The Balaban J connectivity index is 1.35. The highest BCUT2D eigenvalue weighted by Crippen LogP contribution is 2.26. The number of hydrogen-bond donors (Lipinski definition) is 0. The van der Waals surface area contributed by atoms with Crippen LogP contribution in [-0.2, 0) is 35.5 Å². The molecular weight excluding hydrogens is 418 g/mol. The summed E-state index contributed by atoms with van der Waals surface area (Å²) in [6.45, 7) is 6.22. The monoisotopic (exact) mass is 449 g/mol. The third-order valence-electron chi connectivity index (χ3n) is 6.39. The van der Waals surface area contributed by atoms with E-state index >= 15 is 0 Å². The van der Waals surface area contributed by atoms with Crippen LogP contribution < -0.4 is 0 Å². The van der Waals surface area contributed by atoms with Gasteiger partial charge in [-0.05, 0) is 19.8 Å². The Hall–Kier alpha value is -2.24. The zero-order valence-electron chi connectivity index (χ0n) is 18.4. The predicted molar refractivity (Wildman–Crippen MR) is 114 cm³/mol. The van der Waals surface area contributed by atoms with Crippen molar-refractivity contribution in [2.24, 2.45) is 20.0 Å². The maximum Gasteiger partial charge on any atom is 0.246 e. The summed E-state index contributed by atoms with van der Waals surface area (Å²) < 4.78 is 31.1. The average molecular weight is 450 g/mol. The first-order valence-electron chi connectivity index (χ1n) is 10.7. The maximum absolute atomic E-state index is 13.2. The van der Waals surface area contributed by atoms with E-state index in [1.54, 1.807) is 23.3 Å². The second kappa shape index (κ2) is 8.71. The van der Waals surface area contributed by atoms with Gasteiger partial charge in [0.25, 0.3) is 0 Å². The summed E-state index contributed by atoms with van der Waals surface area (Å²) in [5.41, 5.74) is 1.78. The fourth-order valence-corrected chi connectivity index (χ4v) is 6.14. The molecule has 11 heteroatoms. The molecule has 2 aromatic heterocycles. The molecule has 0 saturated carbocycles. The summed E-state index contributed by atoms with van der Waals surface area (Å²) in [5.74, 6) is -0.214. The summed E-state index contributed by atoms with van der Waals surface area (Å²) in [7, 11) is -0.0141. The van der Waals surface area contributed by atoms with Crippen LogP contribution in [0.15, 0.2) is 23.5 Å². The van der Waals surface area contributed by atoms with Crippen LogP contribution >= 0.6 is 0 Å². The second-order valence-electron chi connectivity index (χ2n) is 8.54. The molecular formula is C20H31N7O3S. The molecule has 10 nitrogen and oxygen atoms in total. The molecule has 31 heavy (non-hydrogen) atoms. The summed E-state index contributed by atoms with van der Waals surface area (Å²) >= 11 is 0. The van der Waals surface area contributed by atoms with E-state index in [1.165, 1.54) is 16.1 Å². The van der Waals surface area contributed by atoms with Crippen LogP contribution in [0.1, 0.15) is 24.1 Å². The molecule has 0 aromatic carbocycles. The van der Waals surface area contributed by atoms with Gasteiger partial charge in [-0.3, -0.25) is 19.1 Å². The van der Waals surface area contributed by atoms with Crippen LogP contribution in [0.3, 0.4) is 0 Å². The molecule has 1 atom stereocenters. The van der Waals surface area contributed by atoms with E-state index in [2.05, 4.69) is 15.1 Å². The van der Waals surface area contributed by atoms with Crippen molar-refractivity contribution in [3.63, 3.8) is 0 Å². The number of nitrogens with zero attached hydrogens (tertiary/aromatic N) is 7. The fourth-order valence-electron chi connectivity index (χ4n) is 4.43. The topological polar surface area (TPSA) is 96.6 Å². The zero-order chi connectivity index (χ0) is 22.2. The molecule has 2 aliphatic heterocycles. The molecule has 2 fully saturated rings. The van der Waals surface area contributed by atoms with Gasteiger partial charge < -0.3 is 4.90 Å². The summed E-state index contributed by atoms with van der Waals surface area (Å²) in [6.07, 6.45) is 6.71.